The van der Waals surface area contributed by atoms with Gasteiger partial charge in [0.2, 0.25) is 15.9 Å². The highest BCUT2D eigenvalue weighted by molar-refractivity contribution is 8.14. The molecule has 8 nitrogen and oxygen atoms in total. The number of amides is 1. The van der Waals surface area contributed by atoms with Crippen LogP contribution in [0, 0.1) is 12.8 Å². The van der Waals surface area contributed by atoms with Crippen LogP contribution in [0.25, 0.3) is 0 Å². The second-order valence-electron chi connectivity index (χ2n) is 8.60. The Hall–Kier alpha value is -2.27. The third kappa shape index (κ3) is 4.89. The van der Waals surface area contributed by atoms with Crippen LogP contribution in [0.1, 0.15) is 18.4 Å². The van der Waals surface area contributed by atoms with Crippen molar-refractivity contribution < 1.29 is 22.7 Å². The number of halogens is 1. The van der Waals surface area contributed by atoms with Gasteiger partial charge >= 0.3 is 0 Å². The SMILES string of the molecule is Cc1c(Cl)cccc1N=C1SCCN1C(=O)C1CCN(S(=O)(=O)c2ccc3c(c2)OCCO3)CC1. The second kappa shape index (κ2) is 10.0. The summed E-state index contributed by atoms with van der Waals surface area (Å²) in [6, 6.07) is 10.2. The highest BCUT2D eigenvalue weighted by atomic mass is 35.5. The number of rotatable bonds is 4. The maximum Gasteiger partial charge on any atom is 0.243 e. The van der Waals surface area contributed by atoms with Gasteiger partial charge in [0.25, 0.3) is 0 Å². The van der Waals surface area contributed by atoms with E-state index in [1.165, 1.54) is 10.4 Å². The van der Waals surface area contributed by atoms with Crippen LogP contribution in [0.2, 0.25) is 5.02 Å². The molecule has 1 amide bonds. The summed E-state index contributed by atoms with van der Waals surface area (Å²) in [7, 11) is -3.69. The van der Waals surface area contributed by atoms with Crippen molar-refractivity contribution in [1.82, 2.24) is 9.21 Å². The van der Waals surface area contributed by atoms with Crippen molar-refractivity contribution in [2.24, 2.45) is 10.9 Å². The fourth-order valence-electron chi connectivity index (χ4n) is 4.42. The lowest BCUT2D eigenvalue weighted by atomic mass is 9.97. The molecular weight excluding hydrogens is 510 g/mol. The molecule has 2 fully saturated rings. The number of sulfonamides is 1. The van der Waals surface area contributed by atoms with Crippen molar-refractivity contribution in [2.45, 2.75) is 24.7 Å². The first-order valence-electron chi connectivity index (χ1n) is 11.5. The van der Waals surface area contributed by atoms with Gasteiger partial charge in [-0.2, -0.15) is 4.31 Å². The van der Waals surface area contributed by atoms with Crippen LogP contribution in [0.3, 0.4) is 0 Å². The minimum absolute atomic E-state index is 0.00445. The lowest BCUT2D eigenvalue weighted by Crippen LogP contribution is -2.44. The number of aliphatic imine (C=N–C) groups is 1. The summed E-state index contributed by atoms with van der Waals surface area (Å²) in [5, 5.41) is 1.31. The summed E-state index contributed by atoms with van der Waals surface area (Å²) >= 11 is 7.78. The summed E-state index contributed by atoms with van der Waals surface area (Å²) in [6.07, 6.45) is 0.931. The van der Waals surface area contributed by atoms with Crippen molar-refractivity contribution in [3.63, 3.8) is 0 Å². The molecule has 0 aliphatic carbocycles. The van der Waals surface area contributed by atoms with E-state index in [2.05, 4.69) is 0 Å². The number of hydrogen-bond donors (Lipinski definition) is 0. The van der Waals surface area contributed by atoms with Crippen LogP contribution >= 0.6 is 23.4 Å². The van der Waals surface area contributed by atoms with Crippen LogP contribution in [-0.4, -0.2) is 67.3 Å². The molecule has 0 saturated carbocycles. The number of carbonyl (C=O) groups is 1. The van der Waals surface area contributed by atoms with Crippen molar-refractivity contribution in [1.29, 1.82) is 0 Å². The molecule has 3 aliphatic rings. The molecule has 0 atom stereocenters. The van der Waals surface area contributed by atoms with Gasteiger partial charge in [-0.25, -0.2) is 13.4 Å². The monoisotopic (exact) mass is 535 g/mol. The van der Waals surface area contributed by atoms with Crippen molar-refractivity contribution >= 4 is 50.1 Å². The standard InChI is InChI=1S/C24H26ClN3O5S2/c1-16-19(25)3-2-4-20(16)26-24-28(11-14-34-24)23(29)17-7-9-27(10-8-17)35(30,31)18-5-6-21-22(15-18)33-13-12-32-21/h2-6,15,17H,7-14H2,1H3. The molecule has 0 radical (unpaired) electrons. The molecule has 0 N–H and O–H groups in total. The Kier molecular flexibility index (Phi) is 6.98. The highest BCUT2D eigenvalue weighted by Gasteiger charge is 2.37. The van der Waals surface area contributed by atoms with Crippen LogP contribution in [0.4, 0.5) is 5.69 Å². The van der Waals surface area contributed by atoms with Gasteiger partial charge in [-0.1, -0.05) is 29.4 Å². The fourth-order valence-corrected chi connectivity index (χ4v) is 7.03. The van der Waals surface area contributed by atoms with Gasteiger partial charge in [0.15, 0.2) is 16.7 Å². The van der Waals surface area contributed by atoms with Gasteiger partial charge in [0.05, 0.1) is 10.6 Å². The number of carbonyl (C=O) groups excluding carboxylic acids is 1. The molecule has 3 heterocycles. The minimum Gasteiger partial charge on any atom is -0.486 e. The van der Waals surface area contributed by atoms with Gasteiger partial charge in [-0.15, -0.1) is 0 Å². The number of hydrogen-bond acceptors (Lipinski definition) is 7. The van der Waals surface area contributed by atoms with E-state index in [0.717, 1.165) is 17.0 Å². The summed E-state index contributed by atoms with van der Waals surface area (Å²) in [4.78, 5) is 20.0. The topological polar surface area (TPSA) is 88.5 Å². The molecule has 0 bridgehead atoms. The van der Waals surface area contributed by atoms with Gasteiger partial charge in [-0.05, 0) is 49.6 Å². The quantitative estimate of drug-likeness (QED) is 0.586. The summed E-state index contributed by atoms with van der Waals surface area (Å²) in [5.41, 5.74) is 1.62. The van der Waals surface area contributed by atoms with Crippen molar-refractivity contribution in [2.75, 3.05) is 38.6 Å². The number of ether oxygens (including phenoxy) is 2. The first-order chi connectivity index (χ1) is 16.8. The van der Waals surface area contributed by atoms with E-state index in [1.807, 2.05) is 25.1 Å². The van der Waals surface area contributed by atoms with Gasteiger partial charge in [0, 0.05) is 42.4 Å². The fraction of sp³-hybridized carbons (Fsp3) is 0.417. The zero-order chi connectivity index (χ0) is 24.6. The predicted molar refractivity (Wildman–Crippen MR) is 136 cm³/mol. The molecule has 11 heteroatoms. The number of fused-ring (bicyclic) bond motifs is 1. The molecular formula is C24H26ClN3O5S2. The van der Waals surface area contributed by atoms with Crippen LogP contribution in [0.5, 0.6) is 11.5 Å². The first-order valence-corrected chi connectivity index (χ1v) is 14.3. The summed E-state index contributed by atoms with van der Waals surface area (Å²) in [6.45, 7) is 3.91. The van der Waals surface area contributed by atoms with Crippen molar-refractivity contribution in [3.05, 3.63) is 47.0 Å². The molecule has 186 valence electrons. The largest absolute Gasteiger partial charge is 0.486 e. The van der Waals surface area contributed by atoms with E-state index in [-0.39, 0.29) is 29.8 Å². The lowest BCUT2D eigenvalue weighted by Gasteiger charge is -2.32. The Morgan fingerprint density at radius 3 is 2.60 bits per heavy atom. The zero-order valence-corrected chi connectivity index (χ0v) is 21.7. The third-order valence-corrected chi connectivity index (χ3v) is 9.71. The molecule has 0 unspecified atom stereocenters. The Labute approximate surface area is 214 Å². The minimum atomic E-state index is -3.69. The van der Waals surface area contributed by atoms with E-state index in [9.17, 15) is 13.2 Å². The average molecular weight is 536 g/mol. The van der Waals surface area contributed by atoms with Crippen LogP contribution in [-0.2, 0) is 14.8 Å². The average Bonchev–Trinajstić information content (AvgIpc) is 3.34. The van der Waals surface area contributed by atoms with Gasteiger partial charge < -0.3 is 9.47 Å². The second-order valence-corrected chi connectivity index (χ2v) is 12.0. The number of nitrogens with zero attached hydrogens (tertiary/aromatic N) is 3. The number of piperidine rings is 1. The molecule has 2 aromatic carbocycles. The van der Waals surface area contributed by atoms with Gasteiger partial charge in [-0.3, -0.25) is 9.69 Å². The van der Waals surface area contributed by atoms with Gasteiger partial charge in [0.1, 0.15) is 13.2 Å². The Morgan fingerprint density at radius 1 is 1.09 bits per heavy atom. The third-order valence-electron chi connectivity index (χ3n) is 6.45. The Morgan fingerprint density at radius 2 is 1.83 bits per heavy atom. The number of benzene rings is 2. The normalized spacial score (nSPS) is 20.4. The van der Waals surface area contributed by atoms with Crippen LogP contribution in [0.15, 0.2) is 46.3 Å². The van der Waals surface area contributed by atoms with E-state index < -0.39 is 10.0 Å². The molecule has 2 saturated heterocycles. The van der Waals surface area contributed by atoms with E-state index in [1.54, 1.807) is 28.8 Å². The van der Waals surface area contributed by atoms with E-state index in [0.29, 0.717) is 54.3 Å². The molecule has 5 rings (SSSR count). The number of amidine groups is 1. The smallest absolute Gasteiger partial charge is 0.243 e. The zero-order valence-electron chi connectivity index (χ0n) is 19.3. The Balaban J connectivity index is 1.26. The molecule has 2 aromatic rings. The first kappa shape index (κ1) is 24.4. The predicted octanol–water partition coefficient (Wildman–Crippen LogP) is 4.08. The highest BCUT2D eigenvalue weighted by Crippen LogP contribution is 2.35. The molecule has 0 aromatic heterocycles. The number of thioether (sulfide) groups is 1. The summed E-state index contributed by atoms with van der Waals surface area (Å²) < 4.78 is 38.9. The lowest BCUT2D eigenvalue weighted by molar-refractivity contribution is -0.132. The molecule has 35 heavy (non-hydrogen) atoms. The van der Waals surface area contributed by atoms with Crippen molar-refractivity contribution in [3.8, 4) is 11.5 Å². The summed E-state index contributed by atoms with van der Waals surface area (Å²) in [5.74, 6) is 1.53. The maximum atomic E-state index is 13.3. The van der Waals surface area contributed by atoms with E-state index >= 15 is 0 Å². The Bertz CT molecular complexity index is 1280. The molecule has 3 aliphatic heterocycles. The maximum absolute atomic E-state index is 13.3. The van der Waals surface area contributed by atoms with E-state index in [4.69, 9.17) is 26.1 Å². The molecule has 0 spiro atoms. The van der Waals surface area contributed by atoms with Crippen LogP contribution < -0.4 is 9.47 Å².